The van der Waals surface area contributed by atoms with Gasteiger partial charge >= 0.3 is 5.97 Å². The monoisotopic (exact) mass is 411 g/mol. The summed E-state index contributed by atoms with van der Waals surface area (Å²) in [4.78, 5) is 12.3. The van der Waals surface area contributed by atoms with Crippen molar-refractivity contribution in [2.75, 3.05) is 13.1 Å². The number of rotatable bonds is 4. The van der Waals surface area contributed by atoms with Gasteiger partial charge in [0.25, 0.3) is 0 Å². The van der Waals surface area contributed by atoms with Crippen molar-refractivity contribution < 1.29 is 22.3 Å². The molecule has 1 aliphatic heterocycles. The Labute approximate surface area is 162 Å². The molecule has 5 nitrogen and oxygen atoms in total. The number of piperidine rings is 1. The number of ether oxygens (including phenoxy) is 1. The maximum atomic E-state index is 13.3. The van der Waals surface area contributed by atoms with Crippen molar-refractivity contribution in [2.24, 2.45) is 5.92 Å². The highest BCUT2D eigenvalue weighted by molar-refractivity contribution is 7.89. The Morgan fingerprint density at radius 1 is 1.15 bits per heavy atom. The molecule has 2 aromatic rings. The van der Waals surface area contributed by atoms with Crippen LogP contribution in [0.1, 0.15) is 18.4 Å². The smallest absolute Gasteiger partial charge is 0.314 e. The molecule has 0 unspecified atom stereocenters. The van der Waals surface area contributed by atoms with Gasteiger partial charge in [0.05, 0.1) is 15.8 Å². The molecule has 144 valence electrons. The van der Waals surface area contributed by atoms with Crippen molar-refractivity contribution in [3.05, 3.63) is 58.9 Å². The molecule has 0 aromatic heterocycles. The number of benzene rings is 2. The summed E-state index contributed by atoms with van der Waals surface area (Å²) in [6, 6.07) is 10.5. The maximum Gasteiger partial charge on any atom is 0.314 e. The Kier molecular flexibility index (Phi) is 5.83. The number of aryl methyl sites for hydroxylation is 1. The summed E-state index contributed by atoms with van der Waals surface area (Å²) in [7, 11) is -3.78. The second-order valence-corrected chi connectivity index (χ2v) is 8.83. The van der Waals surface area contributed by atoms with Crippen LogP contribution in [0.25, 0.3) is 0 Å². The van der Waals surface area contributed by atoms with Gasteiger partial charge < -0.3 is 4.74 Å². The van der Waals surface area contributed by atoms with Crippen LogP contribution < -0.4 is 4.74 Å². The molecule has 1 fully saturated rings. The molecule has 0 atom stereocenters. The van der Waals surface area contributed by atoms with Gasteiger partial charge in [0, 0.05) is 13.1 Å². The van der Waals surface area contributed by atoms with Crippen molar-refractivity contribution in [1.82, 2.24) is 4.31 Å². The van der Waals surface area contributed by atoms with E-state index in [0.29, 0.717) is 18.6 Å². The van der Waals surface area contributed by atoms with Gasteiger partial charge in [-0.25, -0.2) is 12.8 Å². The molecule has 0 saturated carbocycles. The van der Waals surface area contributed by atoms with E-state index in [-0.39, 0.29) is 34.9 Å². The van der Waals surface area contributed by atoms with E-state index in [4.69, 9.17) is 16.3 Å². The van der Waals surface area contributed by atoms with Crippen LogP contribution in [0.4, 0.5) is 4.39 Å². The van der Waals surface area contributed by atoms with E-state index >= 15 is 0 Å². The number of hydrogen-bond donors (Lipinski definition) is 0. The number of halogens is 2. The fourth-order valence-corrected chi connectivity index (χ4v) is 4.67. The molecule has 3 rings (SSSR count). The van der Waals surface area contributed by atoms with Crippen molar-refractivity contribution in [1.29, 1.82) is 0 Å². The molecule has 8 heteroatoms. The van der Waals surface area contributed by atoms with Crippen LogP contribution in [-0.2, 0) is 14.8 Å². The Balaban J connectivity index is 1.63. The second kappa shape index (κ2) is 7.96. The van der Waals surface area contributed by atoms with E-state index in [1.807, 2.05) is 19.1 Å². The minimum atomic E-state index is -3.78. The van der Waals surface area contributed by atoms with E-state index in [2.05, 4.69) is 0 Å². The molecule has 0 N–H and O–H groups in total. The van der Waals surface area contributed by atoms with Crippen molar-refractivity contribution in [3.8, 4) is 5.75 Å². The van der Waals surface area contributed by atoms with Gasteiger partial charge in [-0.3, -0.25) is 4.79 Å². The van der Waals surface area contributed by atoms with Crippen LogP contribution in [-0.4, -0.2) is 31.8 Å². The molecular formula is C19H19ClFNO4S. The molecule has 0 bridgehead atoms. The lowest BCUT2D eigenvalue weighted by atomic mass is 9.98. The summed E-state index contributed by atoms with van der Waals surface area (Å²) in [6.45, 7) is 2.31. The normalized spacial score (nSPS) is 16.3. The van der Waals surface area contributed by atoms with Crippen LogP contribution in [0.3, 0.4) is 0 Å². The number of hydrogen-bond acceptors (Lipinski definition) is 4. The molecular weight excluding hydrogens is 393 g/mol. The van der Waals surface area contributed by atoms with E-state index in [1.165, 1.54) is 10.4 Å². The van der Waals surface area contributed by atoms with Gasteiger partial charge in [0.2, 0.25) is 10.0 Å². The predicted octanol–water partition coefficient (Wildman–Crippen LogP) is 3.79. The van der Waals surface area contributed by atoms with E-state index in [0.717, 1.165) is 17.7 Å². The molecule has 0 amide bonds. The van der Waals surface area contributed by atoms with Gasteiger partial charge in [-0.05, 0) is 50.1 Å². The lowest BCUT2D eigenvalue weighted by Gasteiger charge is -2.30. The SMILES string of the molecule is Cc1ccc(OC(=O)C2CCN(S(=O)(=O)c3ccc(F)c(Cl)c3)CC2)cc1. The van der Waals surface area contributed by atoms with E-state index < -0.39 is 15.8 Å². The quantitative estimate of drug-likeness (QED) is 0.567. The molecule has 0 radical (unpaired) electrons. The van der Waals surface area contributed by atoms with E-state index in [1.54, 1.807) is 12.1 Å². The third-order valence-corrected chi connectivity index (χ3v) is 6.74. The van der Waals surface area contributed by atoms with Crippen LogP contribution in [0.2, 0.25) is 5.02 Å². The Morgan fingerprint density at radius 2 is 1.78 bits per heavy atom. The average Bonchev–Trinajstić information content (AvgIpc) is 2.66. The largest absolute Gasteiger partial charge is 0.426 e. The molecule has 1 saturated heterocycles. The maximum absolute atomic E-state index is 13.3. The molecule has 1 aliphatic rings. The topological polar surface area (TPSA) is 63.7 Å². The summed E-state index contributed by atoms with van der Waals surface area (Å²) in [5.41, 5.74) is 1.06. The summed E-state index contributed by atoms with van der Waals surface area (Å²) >= 11 is 5.69. The fourth-order valence-electron chi connectivity index (χ4n) is 2.92. The zero-order chi connectivity index (χ0) is 19.6. The number of nitrogens with zero attached hydrogens (tertiary/aromatic N) is 1. The first-order valence-electron chi connectivity index (χ1n) is 8.51. The summed E-state index contributed by atoms with van der Waals surface area (Å²) in [5, 5.41) is -0.243. The summed E-state index contributed by atoms with van der Waals surface area (Å²) < 4.78 is 45.3. The number of carbonyl (C=O) groups excluding carboxylic acids is 1. The molecule has 2 aromatic carbocycles. The van der Waals surface area contributed by atoms with Gasteiger partial charge in [-0.15, -0.1) is 0 Å². The second-order valence-electron chi connectivity index (χ2n) is 6.49. The average molecular weight is 412 g/mol. The van der Waals surface area contributed by atoms with Crippen molar-refractivity contribution in [3.63, 3.8) is 0 Å². The number of esters is 1. The summed E-state index contributed by atoms with van der Waals surface area (Å²) in [6.07, 6.45) is 0.720. The molecule has 0 aliphatic carbocycles. The van der Waals surface area contributed by atoms with Gasteiger partial charge in [-0.2, -0.15) is 4.31 Å². The van der Waals surface area contributed by atoms with Crippen LogP contribution >= 0.6 is 11.6 Å². The lowest BCUT2D eigenvalue weighted by molar-refractivity contribution is -0.140. The van der Waals surface area contributed by atoms with Crippen LogP contribution in [0.15, 0.2) is 47.4 Å². The fraction of sp³-hybridized carbons (Fsp3) is 0.316. The van der Waals surface area contributed by atoms with Gasteiger partial charge in [-0.1, -0.05) is 29.3 Å². The molecule has 1 heterocycles. The van der Waals surface area contributed by atoms with Crippen molar-refractivity contribution in [2.45, 2.75) is 24.7 Å². The van der Waals surface area contributed by atoms with Gasteiger partial charge in [0.1, 0.15) is 11.6 Å². The first kappa shape index (κ1) is 19.8. The lowest BCUT2D eigenvalue weighted by Crippen LogP contribution is -2.41. The summed E-state index contributed by atoms with van der Waals surface area (Å²) in [5.74, 6) is -0.926. The van der Waals surface area contributed by atoms with Crippen LogP contribution in [0, 0.1) is 18.7 Å². The minimum Gasteiger partial charge on any atom is -0.426 e. The highest BCUT2D eigenvalue weighted by atomic mass is 35.5. The molecule has 0 spiro atoms. The Bertz CT molecular complexity index is 939. The first-order valence-corrected chi connectivity index (χ1v) is 10.3. The Hall–Kier alpha value is -1.96. The zero-order valence-electron chi connectivity index (χ0n) is 14.7. The first-order chi connectivity index (χ1) is 12.8. The number of carbonyl (C=O) groups is 1. The zero-order valence-corrected chi connectivity index (χ0v) is 16.3. The third-order valence-electron chi connectivity index (χ3n) is 4.56. The van der Waals surface area contributed by atoms with E-state index in [9.17, 15) is 17.6 Å². The Morgan fingerprint density at radius 3 is 2.37 bits per heavy atom. The highest BCUT2D eigenvalue weighted by Crippen LogP contribution is 2.27. The number of sulfonamides is 1. The standard InChI is InChI=1S/C19H19ClFNO4S/c1-13-2-4-15(5-3-13)26-19(23)14-8-10-22(11-9-14)27(24,25)16-6-7-18(21)17(20)12-16/h2-7,12,14H,8-11H2,1H3. The predicted molar refractivity (Wildman–Crippen MR) is 99.7 cm³/mol. The minimum absolute atomic E-state index is 0.0606. The molecule has 27 heavy (non-hydrogen) atoms. The third kappa shape index (κ3) is 4.48. The highest BCUT2D eigenvalue weighted by Gasteiger charge is 2.33. The van der Waals surface area contributed by atoms with Gasteiger partial charge in [0.15, 0.2) is 0 Å². The van der Waals surface area contributed by atoms with Crippen molar-refractivity contribution >= 4 is 27.6 Å². The van der Waals surface area contributed by atoms with Crippen LogP contribution in [0.5, 0.6) is 5.75 Å².